The number of rotatable bonds is 8. The summed E-state index contributed by atoms with van der Waals surface area (Å²) in [6.45, 7) is 6.01. The van der Waals surface area contributed by atoms with Gasteiger partial charge in [0.15, 0.2) is 11.0 Å². The minimum absolute atomic E-state index is 0.0812. The lowest BCUT2D eigenvalue weighted by Gasteiger charge is -2.21. The molecule has 3 aromatic rings. The van der Waals surface area contributed by atoms with Crippen molar-refractivity contribution < 1.29 is 9.59 Å². The number of hydrogen-bond donors (Lipinski definition) is 2. The first-order valence-corrected chi connectivity index (χ1v) is 13.8. The zero-order valence-corrected chi connectivity index (χ0v) is 22.6. The molecule has 2 amide bonds. The summed E-state index contributed by atoms with van der Waals surface area (Å²) < 4.78 is 1.82. The first-order valence-electron chi connectivity index (χ1n) is 12.0. The smallest absolute Gasteiger partial charge is 0.251 e. The van der Waals surface area contributed by atoms with Crippen LogP contribution in [0, 0.1) is 24.2 Å². The number of nitriles is 1. The highest BCUT2D eigenvalue weighted by Crippen LogP contribution is 2.37. The maximum absolute atomic E-state index is 12.8. The third kappa shape index (κ3) is 5.63. The van der Waals surface area contributed by atoms with Crippen LogP contribution in [0.5, 0.6) is 0 Å². The Kier molecular flexibility index (Phi) is 8.11. The number of carbonyl (C=O) groups is 2. The minimum Gasteiger partial charge on any atom is -0.342 e. The van der Waals surface area contributed by atoms with E-state index in [-0.39, 0.29) is 29.5 Å². The molecule has 8 nitrogen and oxygen atoms in total. The van der Waals surface area contributed by atoms with Crippen molar-refractivity contribution in [1.82, 2.24) is 20.1 Å². The van der Waals surface area contributed by atoms with Crippen molar-refractivity contribution in [3.05, 3.63) is 57.2 Å². The third-order valence-electron chi connectivity index (χ3n) is 6.28. The molecule has 2 N–H and O–H groups in total. The van der Waals surface area contributed by atoms with Gasteiger partial charge in [0.05, 0.1) is 17.4 Å². The number of fused-ring (bicyclic) bond motifs is 1. The fourth-order valence-corrected chi connectivity index (χ4v) is 6.22. The molecule has 1 aliphatic carbocycles. The summed E-state index contributed by atoms with van der Waals surface area (Å²) in [6, 6.07) is 9.37. The van der Waals surface area contributed by atoms with Gasteiger partial charge < -0.3 is 15.2 Å². The third-order valence-corrected chi connectivity index (χ3v) is 8.51. The maximum Gasteiger partial charge on any atom is 0.251 e. The fraction of sp³-hybridized carbons (Fsp3) is 0.423. The van der Waals surface area contributed by atoms with E-state index in [4.69, 9.17) is 0 Å². The number of aromatic nitrogens is 3. The molecule has 1 atom stereocenters. The topological polar surface area (TPSA) is 113 Å². The molecule has 0 unspecified atom stereocenters. The molecule has 0 spiro atoms. The Bertz CT molecular complexity index is 1300. The van der Waals surface area contributed by atoms with Crippen LogP contribution in [0.2, 0.25) is 0 Å². The Hall–Kier alpha value is -3.16. The van der Waals surface area contributed by atoms with Gasteiger partial charge in [0, 0.05) is 17.5 Å². The Labute approximate surface area is 219 Å². The van der Waals surface area contributed by atoms with Crippen molar-refractivity contribution in [3.8, 4) is 6.07 Å². The summed E-state index contributed by atoms with van der Waals surface area (Å²) in [4.78, 5) is 26.7. The van der Waals surface area contributed by atoms with Gasteiger partial charge in [-0.25, -0.2) is 0 Å². The number of thioether (sulfide) groups is 1. The molecule has 1 aromatic carbocycles. The SMILES string of the molecule is Cc1ccc(C(=O)N[C@H](c2nnc(SCC(=O)Nc3sc4c(c3C#N)CCCC4)n2C)C(C)C)cc1. The quantitative estimate of drug-likeness (QED) is 0.411. The van der Waals surface area contributed by atoms with Crippen LogP contribution < -0.4 is 10.6 Å². The van der Waals surface area contributed by atoms with E-state index in [0.29, 0.717) is 27.1 Å². The zero-order valence-electron chi connectivity index (χ0n) is 20.9. The van der Waals surface area contributed by atoms with E-state index in [2.05, 4.69) is 26.9 Å². The second-order valence-electron chi connectivity index (χ2n) is 9.32. The molecule has 0 saturated carbocycles. The molecule has 4 rings (SSSR count). The summed E-state index contributed by atoms with van der Waals surface area (Å²) in [5.74, 6) is 0.496. The number of carbonyl (C=O) groups excluding carboxylic acids is 2. The van der Waals surface area contributed by atoms with Gasteiger partial charge >= 0.3 is 0 Å². The number of thiophene rings is 1. The van der Waals surface area contributed by atoms with E-state index in [9.17, 15) is 14.9 Å². The molecule has 36 heavy (non-hydrogen) atoms. The lowest BCUT2D eigenvalue weighted by molar-refractivity contribution is -0.113. The molecule has 10 heteroatoms. The predicted molar refractivity (Wildman–Crippen MR) is 142 cm³/mol. The highest BCUT2D eigenvalue weighted by atomic mass is 32.2. The monoisotopic (exact) mass is 522 g/mol. The van der Waals surface area contributed by atoms with Gasteiger partial charge in [-0.3, -0.25) is 9.59 Å². The number of anilines is 1. The van der Waals surface area contributed by atoms with Crippen molar-refractivity contribution in [1.29, 1.82) is 5.26 Å². The van der Waals surface area contributed by atoms with Crippen molar-refractivity contribution in [2.75, 3.05) is 11.1 Å². The fourth-order valence-electron chi connectivity index (χ4n) is 4.25. The van der Waals surface area contributed by atoms with Crippen LogP contribution in [-0.4, -0.2) is 32.3 Å². The van der Waals surface area contributed by atoms with E-state index in [1.54, 1.807) is 12.1 Å². The number of amides is 2. The largest absolute Gasteiger partial charge is 0.342 e. The molecule has 0 saturated heterocycles. The highest BCUT2D eigenvalue weighted by Gasteiger charge is 2.26. The molecular weight excluding hydrogens is 492 g/mol. The van der Waals surface area contributed by atoms with Crippen LogP contribution in [0.15, 0.2) is 29.4 Å². The van der Waals surface area contributed by atoms with Crippen LogP contribution >= 0.6 is 23.1 Å². The molecule has 0 aliphatic heterocycles. The number of nitrogens with one attached hydrogen (secondary N) is 2. The van der Waals surface area contributed by atoms with Crippen molar-refractivity contribution in [2.24, 2.45) is 13.0 Å². The summed E-state index contributed by atoms with van der Waals surface area (Å²) in [5.41, 5.74) is 3.39. The zero-order chi connectivity index (χ0) is 25.8. The summed E-state index contributed by atoms with van der Waals surface area (Å²) in [6.07, 6.45) is 4.08. The van der Waals surface area contributed by atoms with Crippen LogP contribution in [0.25, 0.3) is 0 Å². The molecule has 2 aromatic heterocycles. The summed E-state index contributed by atoms with van der Waals surface area (Å²) in [5, 5.41) is 25.5. The Morgan fingerprint density at radius 1 is 1.19 bits per heavy atom. The minimum atomic E-state index is -0.338. The van der Waals surface area contributed by atoms with Gasteiger partial charge in [0.25, 0.3) is 5.91 Å². The number of benzene rings is 1. The van der Waals surface area contributed by atoms with E-state index >= 15 is 0 Å². The standard InChI is InChI=1S/C26H30N6O2S2/c1-15(2)22(29-24(34)17-11-9-16(3)10-12-17)23-30-31-26(32(23)4)35-14-21(33)28-25-19(13-27)18-7-5-6-8-20(18)36-25/h9-12,15,22H,5-8,14H2,1-4H3,(H,28,33)(H,29,34)/t22-/m0/s1. The van der Waals surface area contributed by atoms with E-state index in [1.807, 2.05) is 44.5 Å². The second kappa shape index (κ2) is 11.3. The van der Waals surface area contributed by atoms with E-state index in [1.165, 1.54) is 28.0 Å². The molecule has 2 heterocycles. The number of hydrogen-bond acceptors (Lipinski definition) is 7. The van der Waals surface area contributed by atoms with E-state index < -0.39 is 0 Å². The van der Waals surface area contributed by atoms with Crippen LogP contribution in [0.1, 0.15) is 70.5 Å². The first-order chi connectivity index (χ1) is 17.3. The van der Waals surface area contributed by atoms with Gasteiger partial charge in [0.1, 0.15) is 11.1 Å². The normalized spacial score (nSPS) is 13.7. The van der Waals surface area contributed by atoms with Gasteiger partial charge in [-0.15, -0.1) is 21.5 Å². The number of aryl methyl sites for hydroxylation is 2. The van der Waals surface area contributed by atoms with Gasteiger partial charge in [0.2, 0.25) is 5.91 Å². The summed E-state index contributed by atoms with van der Waals surface area (Å²) >= 11 is 2.79. The molecule has 0 bridgehead atoms. The average Bonchev–Trinajstić information content (AvgIpc) is 3.40. The highest BCUT2D eigenvalue weighted by molar-refractivity contribution is 7.99. The Morgan fingerprint density at radius 3 is 2.61 bits per heavy atom. The van der Waals surface area contributed by atoms with Crippen LogP contribution in [0.4, 0.5) is 5.00 Å². The Morgan fingerprint density at radius 2 is 1.92 bits per heavy atom. The molecule has 0 fully saturated rings. The molecule has 0 radical (unpaired) electrons. The maximum atomic E-state index is 12.8. The number of nitrogens with zero attached hydrogens (tertiary/aromatic N) is 4. The van der Waals surface area contributed by atoms with Gasteiger partial charge in [-0.2, -0.15) is 5.26 Å². The Balaban J connectivity index is 1.41. The lowest BCUT2D eigenvalue weighted by atomic mass is 9.96. The molecule has 1 aliphatic rings. The predicted octanol–water partition coefficient (Wildman–Crippen LogP) is 4.79. The molecule has 188 valence electrons. The first kappa shape index (κ1) is 25.9. The van der Waals surface area contributed by atoms with Gasteiger partial charge in [-0.1, -0.05) is 43.3 Å². The van der Waals surface area contributed by atoms with Crippen molar-refractivity contribution >= 4 is 39.9 Å². The molecular formula is C26H30N6O2S2. The van der Waals surface area contributed by atoms with Crippen LogP contribution in [-0.2, 0) is 24.7 Å². The second-order valence-corrected chi connectivity index (χ2v) is 11.4. The summed E-state index contributed by atoms with van der Waals surface area (Å²) in [7, 11) is 1.84. The van der Waals surface area contributed by atoms with Crippen molar-refractivity contribution in [2.45, 2.75) is 57.7 Å². The average molecular weight is 523 g/mol. The van der Waals surface area contributed by atoms with E-state index in [0.717, 1.165) is 36.8 Å². The van der Waals surface area contributed by atoms with Gasteiger partial charge in [-0.05, 0) is 56.2 Å². The van der Waals surface area contributed by atoms with Crippen LogP contribution in [0.3, 0.4) is 0 Å². The van der Waals surface area contributed by atoms with Crippen molar-refractivity contribution in [3.63, 3.8) is 0 Å². The lowest BCUT2D eigenvalue weighted by Crippen LogP contribution is -2.33.